The summed E-state index contributed by atoms with van der Waals surface area (Å²) in [5.74, 6) is 0. The van der Waals surface area contributed by atoms with Gasteiger partial charge in [-0.3, -0.25) is 0 Å². The van der Waals surface area contributed by atoms with E-state index in [1.165, 1.54) is 19.3 Å². The SMILES string of the molecule is CCCCCC(C)OC(N)=S. The highest BCUT2D eigenvalue weighted by Gasteiger charge is 2.01. The molecule has 66 valence electrons. The van der Waals surface area contributed by atoms with Gasteiger partial charge >= 0.3 is 0 Å². The Morgan fingerprint density at radius 1 is 1.55 bits per heavy atom. The third kappa shape index (κ3) is 7.59. The fourth-order valence-corrected chi connectivity index (χ4v) is 1.10. The van der Waals surface area contributed by atoms with Crippen molar-refractivity contribution in [3.05, 3.63) is 0 Å². The molecule has 0 aromatic heterocycles. The van der Waals surface area contributed by atoms with E-state index in [0.717, 1.165) is 6.42 Å². The van der Waals surface area contributed by atoms with Crippen molar-refractivity contribution in [3.63, 3.8) is 0 Å². The van der Waals surface area contributed by atoms with Crippen LogP contribution in [0.2, 0.25) is 0 Å². The first-order chi connectivity index (χ1) is 5.16. The van der Waals surface area contributed by atoms with Crippen molar-refractivity contribution in [1.29, 1.82) is 0 Å². The van der Waals surface area contributed by atoms with Gasteiger partial charge < -0.3 is 10.5 Å². The van der Waals surface area contributed by atoms with Crippen molar-refractivity contribution in [3.8, 4) is 0 Å². The molecule has 0 rings (SSSR count). The van der Waals surface area contributed by atoms with E-state index < -0.39 is 0 Å². The second-order valence-corrected chi connectivity index (χ2v) is 3.15. The summed E-state index contributed by atoms with van der Waals surface area (Å²) < 4.78 is 5.11. The number of rotatable bonds is 5. The minimum atomic E-state index is 0.161. The van der Waals surface area contributed by atoms with E-state index in [2.05, 4.69) is 19.1 Å². The predicted molar refractivity (Wildman–Crippen MR) is 51.5 cm³/mol. The molecule has 2 N–H and O–H groups in total. The molecule has 2 nitrogen and oxygen atoms in total. The van der Waals surface area contributed by atoms with E-state index in [4.69, 9.17) is 10.5 Å². The van der Waals surface area contributed by atoms with Gasteiger partial charge in [0.05, 0.1) is 6.10 Å². The van der Waals surface area contributed by atoms with Crippen LogP contribution in [0, 0.1) is 0 Å². The molecule has 0 aliphatic heterocycles. The molecule has 1 atom stereocenters. The second kappa shape index (κ2) is 6.40. The zero-order chi connectivity index (χ0) is 8.69. The van der Waals surface area contributed by atoms with Crippen LogP contribution in [0.25, 0.3) is 0 Å². The summed E-state index contributed by atoms with van der Waals surface area (Å²) in [7, 11) is 0. The van der Waals surface area contributed by atoms with Gasteiger partial charge in [0.15, 0.2) is 0 Å². The maximum absolute atomic E-state index is 5.21. The third-order valence-corrected chi connectivity index (χ3v) is 1.63. The van der Waals surface area contributed by atoms with Gasteiger partial charge in [-0.1, -0.05) is 19.8 Å². The summed E-state index contributed by atoms with van der Waals surface area (Å²) in [6.07, 6.45) is 4.91. The normalized spacial score (nSPS) is 12.5. The van der Waals surface area contributed by atoms with Crippen LogP contribution in [0.15, 0.2) is 0 Å². The first-order valence-electron chi connectivity index (χ1n) is 4.13. The molecular formula is C8H17NOS. The number of hydrogen-bond donors (Lipinski definition) is 1. The van der Waals surface area contributed by atoms with Crippen LogP contribution >= 0.6 is 12.2 Å². The molecule has 0 saturated heterocycles. The molecule has 0 saturated carbocycles. The molecular weight excluding hydrogens is 158 g/mol. The number of ether oxygens (including phenoxy) is 1. The van der Waals surface area contributed by atoms with Gasteiger partial charge in [-0.15, -0.1) is 0 Å². The molecule has 0 aliphatic rings. The standard InChI is InChI=1S/C8H17NOS/c1-3-4-5-6-7(2)10-8(9)11/h7H,3-6H2,1-2H3,(H2,9,11). The van der Waals surface area contributed by atoms with Crippen LogP contribution in [0.1, 0.15) is 39.5 Å². The molecule has 0 bridgehead atoms. The van der Waals surface area contributed by atoms with Crippen molar-refractivity contribution in [2.24, 2.45) is 5.73 Å². The monoisotopic (exact) mass is 175 g/mol. The van der Waals surface area contributed by atoms with E-state index in [-0.39, 0.29) is 11.3 Å². The molecule has 1 unspecified atom stereocenters. The van der Waals surface area contributed by atoms with E-state index in [9.17, 15) is 0 Å². The largest absolute Gasteiger partial charge is 0.468 e. The van der Waals surface area contributed by atoms with E-state index >= 15 is 0 Å². The van der Waals surface area contributed by atoms with Crippen molar-refractivity contribution >= 4 is 17.4 Å². The lowest BCUT2D eigenvalue weighted by molar-refractivity contribution is 0.196. The van der Waals surface area contributed by atoms with Crippen LogP contribution in [-0.4, -0.2) is 11.3 Å². The van der Waals surface area contributed by atoms with Crippen molar-refractivity contribution < 1.29 is 4.74 Å². The second-order valence-electron chi connectivity index (χ2n) is 2.74. The smallest absolute Gasteiger partial charge is 0.254 e. The highest BCUT2D eigenvalue weighted by molar-refractivity contribution is 7.80. The molecule has 11 heavy (non-hydrogen) atoms. The molecule has 0 spiro atoms. The fraction of sp³-hybridized carbons (Fsp3) is 0.875. The maximum Gasteiger partial charge on any atom is 0.254 e. The quantitative estimate of drug-likeness (QED) is 0.514. The zero-order valence-electron chi connectivity index (χ0n) is 7.30. The average molecular weight is 175 g/mol. The van der Waals surface area contributed by atoms with Gasteiger partial charge in [-0.05, 0) is 32.0 Å². The molecule has 3 heteroatoms. The molecule has 0 radical (unpaired) electrons. The predicted octanol–water partition coefficient (Wildman–Crippen LogP) is 2.22. The summed E-state index contributed by atoms with van der Waals surface area (Å²) in [6.45, 7) is 4.17. The van der Waals surface area contributed by atoms with E-state index in [1.807, 2.05) is 6.92 Å². The first kappa shape index (κ1) is 10.7. The minimum absolute atomic E-state index is 0.161. The highest BCUT2D eigenvalue weighted by atomic mass is 32.1. The summed E-state index contributed by atoms with van der Waals surface area (Å²) in [4.78, 5) is 0. The molecule has 0 fully saturated rings. The van der Waals surface area contributed by atoms with Gasteiger partial charge in [0.1, 0.15) is 0 Å². The Balaban J connectivity index is 3.22. The lowest BCUT2D eigenvalue weighted by Gasteiger charge is -2.11. The van der Waals surface area contributed by atoms with Crippen LogP contribution in [0.3, 0.4) is 0 Å². The number of nitrogens with two attached hydrogens (primary N) is 1. The lowest BCUT2D eigenvalue weighted by atomic mass is 10.1. The summed E-state index contributed by atoms with van der Waals surface area (Å²) in [5, 5.41) is 0.161. The highest BCUT2D eigenvalue weighted by Crippen LogP contribution is 2.05. The Kier molecular flexibility index (Phi) is 6.22. The van der Waals surface area contributed by atoms with Gasteiger partial charge in [-0.2, -0.15) is 0 Å². The topological polar surface area (TPSA) is 35.2 Å². The van der Waals surface area contributed by atoms with Gasteiger partial charge in [0.2, 0.25) is 0 Å². The average Bonchev–Trinajstić information content (AvgIpc) is 1.86. The Labute approximate surface area is 74.1 Å². The Bertz CT molecular complexity index is 117. The molecule has 0 heterocycles. The third-order valence-electron chi connectivity index (χ3n) is 1.53. The molecule has 0 aromatic carbocycles. The minimum Gasteiger partial charge on any atom is -0.468 e. The maximum atomic E-state index is 5.21. The molecule has 0 amide bonds. The lowest BCUT2D eigenvalue weighted by Crippen LogP contribution is -2.19. The van der Waals surface area contributed by atoms with Gasteiger partial charge in [0, 0.05) is 0 Å². The van der Waals surface area contributed by atoms with Gasteiger partial charge in [0.25, 0.3) is 5.17 Å². The summed E-state index contributed by atoms with van der Waals surface area (Å²) in [6, 6.07) is 0. The molecule has 0 aliphatic carbocycles. The van der Waals surface area contributed by atoms with Crippen molar-refractivity contribution in [2.45, 2.75) is 45.6 Å². The van der Waals surface area contributed by atoms with Crippen molar-refractivity contribution in [1.82, 2.24) is 0 Å². The Morgan fingerprint density at radius 3 is 2.64 bits per heavy atom. The summed E-state index contributed by atoms with van der Waals surface area (Å²) >= 11 is 4.61. The summed E-state index contributed by atoms with van der Waals surface area (Å²) in [5.41, 5.74) is 5.21. The van der Waals surface area contributed by atoms with E-state index in [0.29, 0.717) is 0 Å². The number of thiocarbonyl (C=S) groups is 1. The van der Waals surface area contributed by atoms with E-state index in [1.54, 1.807) is 0 Å². The fourth-order valence-electron chi connectivity index (χ4n) is 0.939. The van der Waals surface area contributed by atoms with Crippen LogP contribution < -0.4 is 5.73 Å². The molecule has 0 aromatic rings. The Hall–Kier alpha value is -0.310. The first-order valence-corrected chi connectivity index (χ1v) is 4.53. The van der Waals surface area contributed by atoms with Crippen LogP contribution in [0.4, 0.5) is 0 Å². The van der Waals surface area contributed by atoms with Crippen molar-refractivity contribution in [2.75, 3.05) is 0 Å². The number of hydrogen-bond acceptors (Lipinski definition) is 2. The van der Waals surface area contributed by atoms with Crippen LogP contribution in [0.5, 0.6) is 0 Å². The van der Waals surface area contributed by atoms with Crippen LogP contribution in [-0.2, 0) is 4.74 Å². The zero-order valence-corrected chi connectivity index (χ0v) is 8.12. The van der Waals surface area contributed by atoms with Gasteiger partial charge in [-0.25, -0.2) is 0 Å². The Morgan fingerprint density at radius 2 is 2.18 bits per heavy atom. The number of unbranched alkanes of at least 4 members (excludes halogenated alkanes) is 2.